The number of benzene rings is 2. The highest BCUT2D eigenvalue weighted by Crippen LogP contribution is 2.29. The quantitative estimate of drug-likeness (QED) is 0.738. The van der Waals surface area contributed by atoms with Gasteiger partial charge in [-0.1, -0.05) is 73.5 Å². The smallest absolute Gasteiger partial charge is 0.237 e. The molecule has 1 amide bonds. The second-order valence-electron chi connectivity index (χ2n) is 8.43. The summed E-state index contributed by atoms with van der Waals surface area (Å²) in [5.41, 5.74) is 2.21. The summed E-state index contributed by atoms with van der Waals surface area (Å²) >= 11 is 0. The second-order valence-corrected chi connectivity index (χ2v) is 10.7. The maximum atomic E-state index is 13.4. The van der Waals surface area contributed by atoms with Crippen LogP contribution in [0, 0.1) is 0 Å². The van der Waals surface area contributed by atoms with Gasteiger partial charge in [0.05, 0.1) is 24.1 Å². The lowest BCUT2D eigenvalue weighted by atomic mass is 9.98. The molecule has 30 heavy (non-hydrogen) atoms. The van der Waals surface area contributed by atoms with Gasteiger partial charge >= 0.3 is 0 Å². The van der Waals surface area contributed by atoms with E-state index in [0.717, 1.165) is 36.8 Å². The first-order chi connectivity index (χ1) is 14.5. The van der Waals surface area contributed by atoms with E-state index >= 15 is 0 Å². The number of hydrogen-bond donors (Lipinski definition) is 1. The predicted molar refractivity (Wildman–Crippen MR) is 119 cm³/mol. The van der Waals surface area contributed by atoms with Crippen LogP contribution in [0.25, 0.3) is 0 Å². The van der Waals surface area contributed by atoms with E-state index in [4.69, 9.17) is 0 Å². The molecule has 5 nitrogen and oxygen atoms in total. The van der Waals surface area contributed by atoms with E-state index in [0.29, 0.717) is 6.42 Å². The fourth-order valence-corrected chi connectivity index (χ4v) is 6.59. The molecule has 1 N–H and O–H groups in total. The molecule has 0 spiro atoms. The molecular formula is C24H30N2O3S. The van der Waals surface area contributed by atoms with Crippen LogP contribution in [0.3, 0.4) is 0 Å². The van der Waals surface area contributed by atoms with Gasteiger partial charge in [-0.15, -0.1) is 0 Å². The summed E-state index contributed by atoms with van der Waals surface area (Å²) in [5, 5.41) is 3.46. The van der Waals surface area contributed by atoms with Gasteiger partial charge in [0, 0.05) is 12.1 Å². The molecule has 1 atom stereocenters. The van der Waals surface area contributed by atoms with Crippen LogP contribution in [0.15, 0.2) is 60.7 Å². The maximum absolute atomic E-state index is 13.4. The zero-order chi connectivity index (χ0) is 21.0. The topological polar surface area (TPSA) is 66.5 Å². The number of sulfone groups is 1. The van der Waals surface area contributed by atoms with Crippen molar-refractivity contribution < 1.29 is 13.2 Å². The molecule has 0 unspecified atom stereocenters. The van der Waals surface area contributed by atoms with Gasteiger partial charge in [0.1, 0.15) is 0 Å². The number of amides is 1. The fourth-order valence-electron chi connectivity index (χ4n) is 4.88. The number of nitrogens with zero attached hydrogens (tertiary/aromatic N) is 1. The molecule has 1 aliphatic carbocycles. The Morgan fingerprint density at radius 2 is 1.47 bits per heavy atom. The summed E-state index contributed by atoms with van der Waals surface area (Å²) in [6.45, 7) is 0.196. The number of hydrogen-bond acceptors (Lipinski definition) is 4. The van der Waals surface area contributed by atoms with Gasteiger partial charge in [-0.05, 0) is 30.4 Å². The molecule has 1 aliphatic heterocycles. The minimum absolute atomic E-state index is 0.0147. The van der Waals surface area contributed by atoms with Crippen LogP contribution in [0.4, 0.5) is 0 Å². The van der Waals surface area contributed by atoms with E-state index in [1.54, 1.807) is 0 Å². The Bertz CT molecular complexity index is 901. The number of rotatable bonds is 7. The molecule has 1 saturated carbocycles. The van der Waals surface area contributed by atoms with E-state index in [9.17, 15) is 13.2 Å². The third-order valence-corrected chi connectivity index (χ3v) is 8.08. The van der Waals surface area contributed by atoms with Crippen molar-refractivity contribution in [3.05, 3.63) is 71.8 Å². The molecule has 2 aromatic carbocycles. The SMILES string of the molecule is O=C(CNC(c1ccccc1)c1ccccc1)N(C1CCCC1)[C@H]1CCS(=O)(=O)C1. The van der Waals surface area contributed by atoms with Crippen LogP contribution >= 0.6 is 0 Å². The lowest BCUT2D eigenvalue weighted by Crippen LogP contribution is -2.50. The van der Waals surface area contributed by atoms with Gasteiger partial charge in [0.25, 0.3) is 0 Å². The average molecular weight is 427 g/mol. The first-order valence-corrected chi connectivity index (χ1v) is 12.7. The van der Waals surface area contributed by atoms with Crippen molar-refractivity contribution in [2.75, 3.05) is 18.1 Å². The Morgan fingerprint density at radius 3 is 1.97 bits per heavy atom. The Balaban J connectivity index is 1.52. The zero-order valence-electron chi connectivity index (χ0n) is 17.2. The number of carbonyl (C=O) groups is 1. The molecule has 2 aromatic rings. The van der Waals surface area contributed by atoms with Crippen LogP contribution in [0.2, 0.25) is 0 Å². The third-order valence-electron chi connectivity index (χ3n) is 6.33. The van der Waals surface area contributed by atoms with Crippen molar-refractivity contribution >= 4 is 15.7 Å². The average Bonchev–Trinajstić information content (AvgIpc) is 3.40. The summed E-state index contributed by atoms with van der Waals surface area (Å²) in [7, 11) is -3.04. The van der Waals surface area contributed by atoms with Crippen LogP contribution in [0.1, 0.15) is 49.3 Å². The van der Waals surface area contributed by atoms with Gasteiger partial charge in [-0.25, -0.2) is 8.42 Å². The van der Waals surface area contributed by atoms with Crippen LogP contribution < -0.4 is 5.32 Å². The molecule has 1 saturated heterocycles. The van der Waals surface area contributed by atoms with Crippen LogP contribution in [-0.2, 0) is 14.6 Å². The van der Waals surface area contributed by atoms with Crippen molar-refractivity contribution in [2.45, 2.75) is 50.2 Å². The Hall–Kier alpha value is -2.18. The van der Waals surface area contributed by atoms with Crippen molar-refractivity contribution in [1.82, 2.24) is 10.2 Å². The molecule has 0 bridgehead atoms. The largest absolute Gasteiger partial charge is 0.335 e. The third kappa shape index (κ3) is 4.93. The van der Waals surface area contributed by atoms with Gasteiger partial charge in [0.15, 0.2) is 9.84 Å². The molecule has 0 aromatic heterocycles. The minimum Gasteiger partial charge on any atom is -0.335 e. The van der Waals surface area contributed by atoms with Gasteiger partial charge < -0.3 is 4.90 Å². The molecule has 2 aliphatic rings. The highest BCUT2D eigenvalue weighted by Gasteiger charge is 2.38. The molecule has 160 valence electrons. The highest BCUT2D eigenvalue weighted by atomic mass is 32.2. The summed E-state index contributed by atoms with van der Waals surface area (Å²) in [6, 6.07) is 20.1. The summed E-state index contributed by atoms with van der Waals surface area (Å²) in [5.74, 6) is 0.315. The maximum Gasteiger partial charge on any atom is 0.237 e. The van der Waals surface area contributed by atoms with Crippen molar-refractivity contribution in [3.8, 4) is 0 Å². The number of carbonyl (C=O) groups excluding carboxylic acids is 1. The minimum atomic E-state index is -3.04. The highest BCUT2D eigenvalue weighted by molar-refractivity contribution is 7.91. The fraction of sp³-hybridized carbons (Fsp3) is 0.458. The summed E-state index contributed by atoms with van der Waals surface area (Å²) in [6.07, 6.45) is 4.73. The molecule has 6 heteroatoms. The number of nitrogens with one attached hydrogen (secondary N) is 1. The summed E-state index contributed by atoms with van der Waals surface area (Å²) in [4.78, 5) is 15.3. The predicted octanol–water partition coefficient (Wildman–Crippen LogP) is 3.32. The van der Waals surface area contributed by atoms with Crippen molar-refractivity contribution in [2.24, 2.45) is 0 Å². The molecule has 2 fully saturated rings. The van der Waals surface area contributed by atoms with Crippen LogP contribution in [0.5, 0.6) is 0 Å². The Morgan fingerprint density at radius 1 is 0.900 bits per heavy atom. The first-order valence-electron chi connectivity index (χ1n) is 10.9. The van der Waals surface area contributed by atoms with E-state index in [1.165, 1.54) is 0 Å². The summed E-state index contributed by atoms with van der Waals surface area (Å²) < 4.78 is 24.1. The van der Waals surface area contributed by atoms with Crippen LogP contribution in [-0.4, -0.2) is 49.4 Å². The normalized spacial score (nSPS) is 21.2. The molecule has 1 heterocycles. The Labute approximate surface area is 179 Å². The monoisotopic (exact) mass is 426 g/mol. The van der Waals surface area contributed by atoms with E-state index in [1.807, 2.05) is 41.3 Å². The van der Waals surface area contributed by atoms with E-state index < -0.39 is 9.84 Å². The van der Waals surface area contributed by atoms with E-state index in [2.05, 4.69) is 29.6 Å². The van der Waals surface area contributed by atoms with Gasteiger partial charge in [-0.2, -0.15) is 0 Å². The second kappa shape index (κ2) is 9.31. The standard InChI is InChI=1S/C24H30N2O3S/c27-23(26(21-13-7-8-14-21)22-15-16-30(28,29)18-22)17-25-24(19-9-3-1-4-10-19)20-11-5-2-6-12-20/h1-6,9-12,21-22,24-25H,7-8,13-18H2/t22-/m0/s1. The molecular weight excluding hydrogens is 396 g/mol. The van der Waals surface area contributed by atoms with Gasteiger partial charge in [-0.3, -0.25) is 10.1 Å². The lowest BCUT2D eigenvalue weighted by molar-refractivity contribution is -0.134. The first kappa shape index (κ1) is 21.1. The zero-order valence-corrected chi connectivity index (χ0v) is 18.1. The van der Waals surface area contributed by atoms with Gasteiger partial charge in [0.2, 0.25) is 5.91 Å². The lowest BCUT2D eigenvalue weighted by Gasteiger charge is -2.34. The molecule has 0 radical (unpaired) electrons. The van der Waals surface area contributed by atoms with E-state index in [-0.39, 0.29) is 42.1 Å². The van der Waals surface area contributed by atoms with Crippen molar-refractivity contribution in [3.63, 3.8) is 0 Å². The Kier molecular flexibility index (Phi) is 6.54. The molecule has 4 rings (SSSR count). The van der Waals surface area contributed by atoms with Crippen molar-refractivity contribution in [1.29, 1.82) is 0 Å².